The van der Waals surface area contributed by atoms with Crippen molar-refractivity contribution in [1.82, 2.24) is 20.3 Å². The van der Waals surface area contributed by atoms with Crippen molar-refractivity contribution in [3.05, 3.63) is 77.8 Å². The van der Waals surface area contributed by atoms with Crippen LogP contribution in [-0.4, -0.2) is 34.1 Å². The molecule has 0 amide bonds. The van der Waals surface area contributed by atoms with Crippen molar-refractivity contribution < 1.29 is 9.47 Å². The van der Waals surface area contributed by atoms with Gasteiger partial charge in [-0.25, -0.2) is 9.97 Å². The molecule has 0 unspecified atom stereocenters. The monoisotopic (exact) mass is 475 g/mol. The fourth-order valence-electron chi connectivity index (χ4n) is 4.02. The SMILES string of the molecule is Clc1cc(Nc2ncnc3cccc(OC[C@@H]4CCCCN4)c23)ccc1OCc1ccccn1. The standard InChI is InChI=1S/C26H26ClN5O2/c27-21-14-18(10-11-23(21)33-15-19-6-1-3-12-28-19)32-26-25-22(30-17-31-26)8-5-9-24(25)34-16-20-7-2-4-13-29-20/h1,3,5-6,8-12,14,17,20,29H,2,4,7,13,15-16H2,(H,30,31,32)/t20-/m0/s1. The number of rotatable bonds is 8. The molecule has 2 aromatic heterocycles. The van der Waals surface area contributed by atoms with Crippen LogP contribution in [0.5, 0.6) is 11.5 Å². The number of fused-ring (bicyclic) bond motifs is 1. The highest BCUT2D eigenvalue weighted by atomic mass is 35.5. The summed E-state index contributed by atoms with van der Waals surface area (Å²) in [7, 11) is 0. The summed E-state index contributed by atoms with van der Waals surface area (Å²) in [6, 6.07) is 17.5. The van der Waals surface area contributed by atoms with E-state index < -0.39 is 0 Å². The van der Waals surface area contributed by atoms with Gasteiger partial charge in [-0.05, 0) is 61.9 Å². The zero-order valence-electron chi connectivity index (χ0n) is 18.7. The molecular weight excluding hydrogens is 450 g/mol. The summed E-state index contributed by atoms with van der Waals surface area (Å²) in [5.41, 5.74) is 2.44. The van der Waals surface area contributed by atoms with Crippen molar-refractivity contribution >= 4 is 34.0 Å². The van der Waals surface area contributed by atoms with Gasteiger partial charge in [-0.2, -0.15) is 0 Å². The molecule has 8 heteroatoms. The first-order chi connectivity index (χ1) is 16.8. The summed E-state index contributed by atoms with van der Waals surface area (Å²) < 4.78 is 12.1. The second-order valence-corrected chi connectivity index (χ2v) is 8.62. The number of nitrogens with zero attached hydrogens (tertiary/aromatic N) is 3. The van der Waals surface area contributed by atoms with E-state index in [4.69, 9.17) is 21.1 Å². The van der Waals surface area contributed by atoms with Gasteiger partial charge in [0.05, 0.1) is 21.6 Å². The lowest BCUT2D eigenvalue weighted by Gasteiger charge is -2.24. The lowest BCUT2D eigenvalue weighted by molar-refractivity contribution is 0.241. The van der Waals surface area contributed by atoms with Crippen LogP contribution in [0.2, 0.25) is 5.02 Å². The number of nitrogens with one attached hydrogen (secondary N) is 2. The molecule has 1 aliphatic heterocycles. The van der Waals surface area contributed by atoms with Crippen LogP contribution in [0.15, 0.2) is 67.1 Å². The Bertz CT molecular complexity index is 1240. The maximum Gasteiger partial charge on any atom is 0.145 e. The van der Waals surface area contributed by atoms with Gasteiger partial charge in [-0.1, -0.05) is 30.2 Å². The maximum atomic E-state index is 6.50. The Hall–Kier alpha value is -3.42. The number of piperidine rings is 1. The highest BCUT2D eigenvalue weighted by molar-refractivity contribution is 6.32. The molecule has 174 valence electrons. The number of halogens is 1. The number of hydrogen-bond donors (Lipinski definition) is 2. The molecular formula is C26H26ClN5O2. The number of anilines is 2. The second-order valence-electron chi connectivity index (χ2n) is 8.21. The zero-order valence-corrected chi connectivity index (χ0v) is 19.5. The fraction of sp³-hybridized carbons (Fsp3) is 0.269. The molecule has 1 atom stereocenters. The van der Waals surface area contributed by atoms with E-state index in [-0.39, 0.29) is 0 Å². The maximum absolute atomic E-state index is 6.50. The Labute approximate surface area is 203 Å². The molecule has 7 nitrogen and oxygen atoms in total. The van der Waals surface area contributed by atoms with E-state index in [2.05, 4.69) is 25.6 Å². The van der Waals surface area contributed by atoms with E-state index in [1.165, 1.54) is 12.8 Å². The Morgan fingerprint density at radius 3 is 2.76 bits per heavy atom. The summed E-state index contributed by atoms with van der Waals surface area (Å²) in [6.07, 6.45) is 6.86. The predicted molar refractivity (Wildman–Crippen MR) is 134 cm³/mol. The van der Waals surface area contributed by atoms with Gasteiger partial charge in [0.15, 0.2) is 0 Å². The molecule has 5 rings (SSSR count). The average molecular weight is 476 g/mol. The van der Waals surface area contributed by atoms with Crippen LogP contribution in [0.3, 0.4) is 0 Å². The van der Waals surface area contributed by atoms with Crippen LogP contribution in [0.4, 0.5) is 11.5 Å². The minimum atomic E-state index is 0.348. The molecule has 0 aliphatic carbocycles. The molecule has 1 fully saturated rings. The number of aromatic nitrogens is 3. The lowest BCUT2D eigenvalue weighted by atomic mass is 10.1. The highest BCUT2D eigenvalue weighted by Gasteiger charge is 2.16. The molecule has 2 N–H and O–H groups in total. The van der Waals surface area contributed by atoms with Crippen molar-refractivity contribution in [3.63, 3.8) is 0 Å². The van der Waals surface area contributed by atoms with Crippen molar-refractivity contribution in [2.24, 2.45) is 0 Å². The lowest BCUT2D eigenvalue weighted by Crippen LogP contribution is -2.38. The quantitative estimate of drug-likeness (QED) is 0.347. The van der Waals surface area contributed by atoms with Crippen LogP contribution in [0.25, 0.3) is 10.9 Å². The van der Waals surface area contributed by atoms with E-state index in [0.29, 0.717) is 35.8 Å². The van der Waals surface area contributed by atoms with E-state index >= 15 is 0 Å². The number of hydrogen-bond acceptors (Lipinski definition) is 7. The average Bonchev–Trinajstić information content (AvgIpc) is 2.88. The minimum absolute atomic E-state index is 0.348. The van der Waals surface area contributed by atoms with E-state index in [1.54, 1.807) is 12.5 Å². The van der Waals surface area contributed by atoms with Gasteiger partial charge in [-0.3, -0.25) is 4.98 Å². The zero-order chi connectivity index (χ0) is 23.2. The van der Waals surface area contributed by atoms with Gasteiger partial charge in [0.1, 0.15) is 36.9 Å². The molecule has 1 saturated heterocycles. The largest absolute Gasteiger partial charge is 0.491 e. The molecule has 2 aromatic carbocycles. The summed E-state index contributed by atoms with van der Waals surface area (Å²) in [5, 5.41) is 8.23. The summed E-state index contributed by atoms with van der Waals surface area (Å²) in [6.45, 7) is 2.00. The molecule has 3 heterocycles. The van der Waals surface area contributed by atoms with Gasteiger partial charge in [0.25, 0.3) is 0 Å². The molecule has 1 aliphatic rings. The molecule has 0 bridgehead atoms. The van der Waals surface area contributed by atoms with Crippen molar-refractivity contribution in [2.45, 2.75) is 31.9 Å². The molecule has 0 radical (unpaired) electrons. The first-order valence-corrected chi connectivity index (χ1v) is 11.8. The fourth-order valence-corrected chi connectivity index (χ4v) is 4.25. The Morgan fingerprint density at radius 2 is 1.94 bits per heavy atom. The van der Waals surface area contributed by atoms with Crippen molar-refractivity contribution in [2.75, 3.05) is 18.5 Å². The van der Waals surface area contributed by atoms with Crippen molar-refractivity contribution in [3.8, 4) is 11.5 Å². The Balaban J connectivity index is 1.33. The van der Waals surface area contributed by atoms with Crippen LogP contribution in [0.1, 0.15) is 25.0 Å². The number of ether oxygens (including phenoxy) is 2. The number of pyridine rings is 1. The predicted octanol–water partition coefficient (Wildman–Crippen LogP) is 5.52. The summed E-state index contributed by atoms with van der Waals surface area (Å²) in [5.74, 6) is 2.01. The first kappa shape index (κ1) is 22.4. The molecule has 34 heavy (non-hydrogen) atoms. The van der Waals surface area contributed by atoms with E-state index in [1.807, 2.05) is 54.6 Å². The van der Waals surface area contributed by atoms with Crippen LogP contribution in [-0.2, 0) is 6.61 Å². The Kier molecular flexibility index (Phi) is 7.02. The second kappa shape index (κ2) is 10.7. The third-order valence-electron chi connectivity index (χ3n) is 5.77. The Morgan fingerprint density at radius 1 is 0.971 bits per heavy atom. The van der Waals surface area contributed by atoms with Crippen LogP contribution >= 0.6 is 11.6 Å². The first-order valence-electron chi connectivity index (χ1n) is 11.5. The van der Waals surface area contributed by atoms with Gasteiger partial charge in [0, 0.05) is 17.9 Å². The highest BCUT2D eigenvalue weighted by Crippen LogP contribution is 2.34. The van der Waals surface area contributed by atoms with Crippen LogP contribution in [0, 0.1) is 0 Å². The molecule has 0 spiro atoms. The number of benzene rings is 2. The minimum Gasteiger partial charge on any atom is -0.491 e. The molecule has 0 saturated carbocycles. The van der Waals surface area contributed by atoms with Crippen LogP contribution < -0.4 is 20.1 Å². The van der Waals surface area contributed by atoms with Crippen molar-refractivity contribution in [1.29, 1.82) is 0 Å². The van der Waals surface area contributed by atoms with E-state index in [0.717, 1.165) is 41.0 Å². The van der Waals surface area contributed by atoms with Gasteiger partial charge < -0.3 is 20.1 Å². The normalized spacial score (nSPS) is 15.7. The van der Waals surface area contributed by atoms with Gasteiger partial charge in [-0.15, -0.1) is 0 Å². The summed E-state index contributed by atoms with van der Waals surface area (Å²) >= 11 is 6.50. The smallest absolute Gasteiger partial charge is 0.145 e. The molecule has 4 aromatic rings. The van der Waals surface area contributed by atoms with Gasteiger partial charge >= 0.3 is 0 Å². The third kappa shape index (κ3) is 5.38. The summed E-state index contributed by atoms with van der Waals surface area (Å²) in [4.78, 5) is 13.2. The third-order valence-corrected chi connectivity index (χ3v) is 6.07. The van der Waals surface area contributed by atoms with Gasteiger partial charge in [0.2, 0.25) is 0 Å². The van der Waals surface area contributed by atoms with E-state index in [9.17, 15) is 0 Å². The topological polar surface area (TPSA) is 81.2 Å².